The maximum absolute atomic E-state index is 11.8. The van der Waals surface area contributed by atoms with Gasteiger partial charge < -0.3 is 14.6 Å². The van der Waals surface area contributed by atoms with Crippen LogP contribution in [0.25, 0.3) is 0 Å². The number of thiazole rings is 1. The molecular weight excluding hydrogens is 278 g/mol. The highest BCUT2D eigenvalue weighted by molar-refractivity contribution is 7.06. The van der Waals surface area contributed by atoms with Crippen LogP contribution < -0.4 is 10.1 Å². The van der Waals surface area contributed by atoms with E-state index in [4.69, 9.17) is 5.41 Å². The fraction of sp³-hybridized carbons (Fsp3) is 0.154. The van der Waals surface area contributed by atoms with Gasteiger partial charge >= 0.3 is 5.97 Å². The molecule has 2 rings (SSSR count). The lowest BCUT2D eigenvalue weighted by Gasteiger charge is -2.06. The molecule has 6 nitrogen and oxygen atoms in total. The van der Waals surface area contributed by atoms with Crippen molar-refractivity contribution in [2.24, 2.45) is 0 Å². The van der Waals surface area contributed by atoms with Crippen molar-refractivity contribution >= 4 is 28.9 Å². The molecule has 1 heterocycles. The molecule has 7 heteroatoms. The highest BCUT2D eigenvalue weighted by atomic mass is 32.1. The number of benzene rings is 1. The van der Waals surface area contributed by atoms with Gasteiger partial charge in [0.15, 0.2) is 4.80 Å². The van der Waals surface area contributed by atoms with Crippen molar-refractivity contribution in [1.29, 1.82) is 5.41 Å². The molecule has 1 amide bonds. The van der Waals surface area contributed by atoms with Crippen LogP contribution in [0.2, 0.25) is 0 Å². The number of carbonyl (C=O) groups excluding carboxylic acids is 2. The van der Waals surface area contributed by atoms with Crippen LogP contribution in [0.15, 0.2) is 35.8 Å². The summed E-state index contributed by atoms with van der Waals surface area (Å²) in [6, 6.07) is 6.41. The van der Waals surface area contributed by atoms with Gasteiger partial charge in [0.2, 0.25) is 5.91 Å². The first-order valence-corrected chi connectivity index (χ1v) is 6.65. The van der Waals surface area contributed by atoms with Gasteiger partial charge in [0, 0.05) is 17.3 Å². The molecule has 1 aromatic carbocycles. The number of carbonyl (C=O) groups is 2. The predicted octanol–water partition coefficient (Wildman–Crippen LogP) is 1.45. The fourth-order valence-corrected chi connectivity index (χ4v) is 2.19. The van der Waals surface area contributed by atoms with E-state index in [2.05, 4.69) is 10.1 Å². The number of hydrogen-bond acceptors (Lipinski definition) is 5. The van der Waals surface area contributed by atoms with Gasteiger partial charge in [-0.1, -0.05) is 0 Å². The highest BCUT2D eigenvalue weighted by Gasteiger charge is 2.07. The van der Waals surface area contributed by atoms with Gasteiger partial charge in [0.25, 0.3) is 0 Å². The second-order valence-corrected chi connectivity index (χ2v) is 4.85. The molecule has 0 aliphatic rings. The second-order valence-electron chi connectivity index (χ2n) is 3.95. The van der Waals surface area contributed by atoms with Gasteiger partial charge in [-0.2, -0.15) is 0 Å². The molecule has 0 saturated heterocycles. The summed E-state index contributed by atoms with van der Waals surface area (Å²) in [6.45, 7) is 0.0844. The molecule has 2 aromatic rings. The number of anilines is 1. The first-order valence-electron chi connectivity index (χ1n) is 5.77. The van der Waals surface area contributed by atoms with Crippen molar-refractivity contribution in [3.63, 3.8) is 0 Å². The number of nitrogens with one attached hydrogen (secondary N) is 2. The zero-order valence-electron chi connectivity index (χ0n) is 10.8. The lowest BCUT2D eigenvalue weighted by atomic mass is 10.2. The summed E-state index contributed by atoms with van der Waals surface area (Å²) < 4.78 is 6.14. The number of ether oxygens (including phenoxy) is 1. The van der Waals surface area contributed by atoms with Crippen molar-refractivity contribution < 1.29 is 14.3 Å². The third-order valence-electron chi connectivity index (χ3n) is 2.59. The minimum absolute atomic E-state index is 0.0844. The quantitative estimate of drug-likeness (QED) is 0.836. The van der Waals surface area contributed by atoms with Crippen LogP contribution in [0.1, 0.15) is 10.4 Å². The summed E-state index contributed by atoms with van der Waals surface area (Å²) in [6.07, 6.45) is 1.69. The largest absolute Gasteiger partial charge is 0.465 e. The van der Waals surface area contributed by atoms with Gasteiger partial charge in [-0.15, -0.1) is 11.3 Å². The van der Waals surface area contributed by atoms with Gasteiger partial charge in [-0.05, 0) is 24.3 Å². The molecule has 0 aliphatic heterocycles. The van der Waals surface area contributed by atoms with E-state index in [0.29, 0.717) is 16.1 Å². The lowest BCUT2D eigenvalue weighted by Crippen LogP contribution is -2.23. The third kappa shape index (κ3) is 3.33. The summed E-state index contributed by atoms with van der Waals surface area (Å²) in [4.78, 5) is 23.4. The highest BCUT2D eigenvalue weighted by Crippen LogP contribution is 2.10. The molecule has 104 valence electrons. The Hall–Kier alpha value is -2.41. The summed E-state index contributed by atoms with van der Waals surface area (Å²) >= 11 is 1.26. The molecule has 2 N–H and O–H groups in total. The molecule has 0 unspecified atom stereocenters. The lowest BCUT2D eigenvalue weighted by molar-refractivity contribution is -0.116. The van der Waals surface area contributed by atoms with E-state index in [1.54, 1.807) is 40.4 Å². The monoisotopic (exact) mass is 291 g/mol. The van der Waals surface area contributed by atoms with E-state index < -0.39 is 5.97 Å². The van der Waals surface area contributed by atoms with Crippen LogP contribution in [0.5, 0.6) is 0 Å². The smallest absolute Gasteiger partial charge is 0.337 e. The number of hydrogen-bond donors (Lipinski definition) is 2. The van der Waals surface area contributed by atoms with E-state index in [9.17, 15) is 9.59 Å². The second kappa shape index (κ2) is 6.16. The van der Waals surface area contributed by atoms with E-state index in [1.807, 2.05) is 0 Å². The SMILES string of the molecule is COC(=O)c1ccc(NC(=O)Cn2ccsc2=N)cc1. The first kappa shape index (κ1) is 14.0. The van der Waals surface area contributed by atoms with Gasteiger partial charge in [-0.25, -0.2) is 4.79 Å². The van der Waals surface area contributed by atoms with Crippen molar-refractivity contribution in [2.45, 2.75) is 6.54 Å². The average molecular weight is 291 g/mol. The van der Waals surface area contributed by atoms with Crippen molar-refractivity contribution in [3.05, 3.63) is 46.2 Å². The number of amides is 1. The number of rotatable bonds is 4. The summed E-state index contributed by atoms with van der Waals surface area (Å²) in [5.41, 5.74) is 1.01. The number of esters is 1. The number of nitrogens with zero attached hydrogens (tertiary/aromatic N) is 1. The topological polar surface area (TPSA) is 84.2 Å². The molecule has 20 heavy (non-hydrogen) atoms. The number of aromatic nitrogens is 1. The van der Waals surface area contributed by atoms with Gasteiger partial charge in [-0.3, -0.25) is 10.2 Å². The predicted molar refractivity (Wildman–Crippen MR) is 74.6 cm³/mol. The maximum Gasteiger partial charge on any atom is 0.337 e. The zero-order valence-corrected chi connectivity index (χ0v) is 11.6. The van der Waals surface area contributed by atoms with Gasteiger partial charge in [0.05, 0.1) is 12.7 Å². The normalized spacial score (nSPS) is 10.1. The minimum Gasteiger partial charge on any atom is -0.465 e. The van der Waals surface area contributed by atoms with Crippen LogP contribution >= 0.6 is 11.3 Å². The van der Waals surface area contributed by atoms with E-state index in [-0.39, 0.29) is 12.5 Å². The molecule has 0 fully saturated rings. The Morgan fingerprint density at radius 1 is 1.35 bits per heavy atom. The molecule has 0 aliphatic carbocycles. The van der Waals surface area contributed by atoms with Crippen LogP contribution in [0, 0.1) is 5.41 Å². The van der Waals surface area contributed by atoms with E-state index in [0.717, 1.165) is 0 Å². The zero-order chi connectivity index (χ0) is 14.5. The minimum atomic E-state index is -0.421. The first-order chi connectivity index (χ1) is 9.60. The van der Waals surface area contributed by atoms with E-state index >= 15 is 0 Å². The average Bonchev–Trinajstić information content (AvgIpc) is 2.84. The van der Waals surface area contributed by atoms with Gasteiger partial charge in [0.1, 0.15) is 6.54 Å². The molecule has 0 spiro atoms. The summed E-state index contributed by atoms with van der Waals surface area (Å²) in [7, 11) is 1.31. The fourth-order valence-electron chi connectivity index (χ4n) is 1.59. The number of methoxy groups -OCH3 is 1. The Labute approximate surface area is 119 Å². The van der Waals surface area contributed by atoms with Crippen LogP contribution in [-0.4, -0.2) is 23.6 Å². The Bertz CT molecular complexity index is 673. The molecule has 0 radical (unpaired) electrons. The molecular formula is C13H13N3O3S. The van der Waals surface area contributed by atoms with Crippen LogP contribution in [0.3, 0.4) is 0 Å². The Balaban J connectivity index is 1.99. The molecule has 0 atom stereocenters. The maximum atomic E-state index is 11.8. The van der Waals surface area contributed by atoms with Crippen molar-refractivity contribution in [2.75, 3.05) is 12.4 Å². The van der Waals surface area contributed by atoms with Crippen molar-refractivity contribution in [3.8, 4) is 0 Å². The van der Waals surface area contributed by atoms with E-state index in [1.165, 1.54) is 18.4 Å². The summed E-state index contributed by atoms with van der Waals surface area (Å²) in [5, 5.41) is 12.0. The Kier molecular flexibility index (Phi) is 4.31. The third-order valence-corrected chi connectivity index (χ3v) is 3.30. The standard InChI is InChI=1S/C13H13N3O3S/c1-19-12(18)9-2-4-10(5-3-9)15-11(17)8-16-6-7-20-13(16)14/h2-7,14H,8H2,1H3,(H,15,17). The van der Waals surface area contributed by atoms with Crippen LogP contribution in [-0.2, 0) is 16.1 Å². The Morgan fingerprint density at radius 3 is 2.60 bits per heavy atom. The molecule has 1 aromatic heterocycles. The van der Waals surface area contributed by atoms with Crippen molar-refractivity contribution in [1.82, 2.24) is 4.57 Å². The molecule has 0 bridgehead atoms. The summed E-state index contributed by atoms with van der Waals surface area (Å²) in [5.74, 6) is -0.650. The Morgan fingerprint density at radius 2 is 2.05 bits per heavy atom. The molecule has 0 saturated carbocycles. The van der Waals surface area contributed by atoms with Crippen LogP contribution in [0.4, 0.5) is 5.69 Å².